The minimum Gasteiger partial charge on any atom is -0.380 e. The molecule has 1 aromatic heterocycles. The second kappa shape index (κ2) is 5.87. The number of aromatic nitrogens is 2. The number of aromatic amines is 2. The summed E-state index contributed by atoms with van der Waals surface area (Å²) in [6, 6.07) is 12.5. The van der Waals surface area contributed by atoms with E-state index in [0.29, 0.717) is 28.9 Å². The summed E-state index contributed by atoms with van der Waals surface area (Å²) in [4.78, 5) is 28.9. The van der Waals surface area contributed by atoms with Crippen LogP contribution in [0.5, 0.6) is 0 Å². The molecule has 22 heavy (non-hydrogen) atoms. The minimum absolute atomic E-state index is 0.243. The number of para-hydroxylation sites is 1. The number of hydrogen-bond acceptors (Lipinski definition) is 3. The molecular weight excluding hydrogens is 282 g/mol. The molecule has 0 aliphatic carbocycles. The van der Waals surface area contributed by atoms with Gasteiger partial charge < -0.3 is 20.0 Å². The molecule has 0 radical (unpaired) electrons. The third kappa shape index (κ3) is 2.77. The highest BCUT2D eigenvalue weighted by molar-refractivity contribution is 6.06. The molecule has 112 valence electrons. The van der Waals surface area contributed by atoms with Crippen LogP contribution in [-0.4, -0.2) is 23.0 Å². The summed E-state index contributed by atoms with van der Waals surface area (Å²) in [6.07, 6.45) is 0. The fraction of sp³-hybridized carbons (Fsp3) is 0.125. The number of rotatable bonds is 4. The molecule has 0 aliphatic rings. The van der Waals surface area contributed by atoms with E-state index in [4.69, 9.17) is 4.74 Å². The molecule has 0 fully saturated rings. The predicted octanol–water partition coefficient (Wildman–Crippen LogP) is 2.25. The number of carbonyl (C=O) groups excluding carboxylic acids is 1. The Morgan fingerprint density at radius 3 is 2.73 bits per heavy atom. The third-order valence-corrected chi connectivity index (χ3v) is 3.34. The molecule has 3 N–H and O–H groups in total. The lowest BCUT2D eigenvalue weighted by atomic mass is 10.1. The van der Waals surface area contributed by atoms with Gasteiger partial charge in [-0.3, -0.25) is 4.79 Å². The van der Waals surface area contributed by atoms with Crippen LogP contribution in [0.1, 0.15) is 15.9 Å². The van der Waals surface area contributed by atoms with Crippen LogP contribution in [0, 0.1) is 0 Å². The van der Waals surface area contributed by atoms with E-state index in [1.165, 1.54) is 0 Å². The number of benzene rings is 2. The summed E-state index contributed by atoms with van der Waals surface area (Å²) >= 11 is 0. The Kier molecular flexibility index (Phi) is 3.76. The van der Waals surface area contributed by atoms with E-state index in [-0.39, 0.29) is 11.6 Å². The standard InChI is InChI=1S/C16H15N3O3/c1-22-9-11-4-2-3-5-12(11)17-15(20)10-6-7-13-14(8-10)19-16(21)18-13/h2-8H,9H2,1H3,(H,17,20)(H2,18,19,21). The van der Waals surface area contributed by atoms with Crippen molar-refractivity contribution >= 4 is 22.6 Å². The van der Waals surface area contributed by atoms with Crippen LogP contribution in [0.25, 0.3) is 11.0 Å². The number of H-pyrrole nitrogens is 2. The number of carbonyl (C=O) groups is 1. The van der Waals surface area contributed by atoms with Crippen LogP contribution < -0.4 is 11.0 Å². The molecule has 3 aromatic rings. The Hall–Kier alpha value is -2.86. The number of nitrogens with one attached hydrogen (secondary N) is 3. The van der Waals surface area contributed by atoms with E-state index in [1.807, 2.05) is 24.3 Å². The van der Waals surface area contributed by atoms with Crippen molar-refractivity contribution < 1.29 is 9.53 Å². The summed E-state index contributed by atoms with van der Waals surface area (Å²) < 4.78 is 5.12. The first-order chi connectivity index (χ1) is 10.7. The van der Waals surface area contributed by atoms with Crippen molar-refractivity contribution in [3.8, 4) is 0 Å². The lowest BCUT2D eigenvalue weighted by Crippen LogP contribution is -2.13. The average Bonchev–Trinajstić information content (AvgIpc) is 2.88. The molecule has 6 heteroatoms. The zero-order valence-corrected chi connectivity index (χ0v) is 12.0. The van der Waals surface area contributed by atoms with Gasteiger partial charge in [0.15, 0.2) is 0 Å². The Balaban J connectivity index is 1.88. The number of hydrogen-bond donors (Lipinski definition) is 3. The Bertz CT molecular complexity index is 879. The van der Waals surface area contributed by atoms with E-state index in [2.05, 4.69) is 15.3 Å². The van der Waals surface area contributed by atoms with Crippen LogP contribution in [0.2, 0.25) is 0 Å². The molecule has 2 aromatic carbocycles. The van der Waals surface area contributed by atoms with Gasteiger partial charge in [0.2, 0.25) is 0 Å². The zero-order valence-electron chi connectivity index (χ0n) is 12.0. The number of fused-ring (bicyclic) bond motifs is 1. The highest BCUT2D eigenvalue weighted by Gasteiger charge is 2.10. The van der Waals surface area contributed by atoms with Crippen LogP contribution in [0.3, 0.4) is 0 Å². The average molecular weight is 297 g/mol. The van der Waals surface area contributed by atoms with Gasteiger partial charge in [-0.2, -0.15) is 0 Å². The summed E-state index contributed by atoms with van der Waals surface area (Å²) in [5.74, 6) is -0.243. The van der Waals surface area contributed by atoms with Crippen LogP contribution in [0.4, 0.5) is 5.69 Å². The zero-order chi connectivity index (χ0) is 15.5. The number of ether oxygens (including phenoxy) is 1. The van der Waals surface area contributed by atoms with Crippen LogP contribution in [0.15, 0.2) is 47.3 Å². The maximum Gasteiger partial charge on any atom is 0.323 e. The third-order valence-electron chi connectivity index (χ3n) is 3.34. The van der Waals surface area contributed by atoms with Crippen molar-refractivity contribution in [2.24, 2.45) is 0 Å². The quantitative estimate of drug-likeness (QED) is 0.690. The van der Waals surface area contributed by atoms with Gasteiger partial charge in [0.05, 0.1) is 17.6 Å². The number of anilines is 1. The number of methoxy groups -OCH3 is 1. The maximum atomic E-state index is 12.4. The van der Waals surface area contributed by atoms with Gasteiger partial charge in [-0.25, -0.2) is 4.79 Å². The second-order valence-corrected chi connectivity index (χ2v) is 4.88. The molecule has 6 nitrogen and oxygen atoms in total. The van der Waals surface area contributed by atoms with Crippen molar-refractivity contribution in [1.82, 2.24) is 9.97 Å². The molecule has 0 aliphatic heterocycles. The first-order valence-corrected chi connectivity index (χ1v) is 6.77. The van der Waals surface area contributed by atoms with Crippen molar-refractivity contribution in [3.05, 3.63) is 64.1 Å². The molecule has 0 atom stereocenters. The molecule has 0 bridgehead atoms. The monoisotopic (exact) mass is 297 g/mol. The summed E-state index contributed by atoms with van der Waals surface area (Å²) in [6.45, 7) is 0.417. The SMILES string of the molecule is COCc1ccccc1NC(=O)c1ccc2[nH]c(=O)[nH]c2c1. The molecule has 1 heterocycles. The Morgan fingerprint density at radius 1 is 1.14 bits per heavy atom. The van der Waals surface area contributed by atoms with E-state index in [0.717, 1.165) is 5.56 Å². The summed E-state index contributed by atoms with van der Waals surface area (Å²) in [5.41, 5.74) is 3.05. The molecule has 1 amide bonds. The number of imidazole rings is 1. The predicted molar refractivity (Wildman–Crippen MR) is 84.0 cm³/mol. The Labute approximate surface area is 126 Å². The van der Waals surface area contributed by atoms with Gasteiger partial charge in [0.25, 0.3) is 5.91 Å². The first kappa shape index (κ1) is 14.1. The molecule has 0 saturated carbocycles. The van der Waals surface area contributed by atoms with Crippen LogP contribution >= 0.6 is 0 Å². The summed E-state index contributed by atoms with van der Waals surface area (Å²) in [5, 5.41) is 2.86. The minimum atomic E-state index is -0.294. The van der Waals surface area contributed by atoms with Gasteiger partial charge in [0, 0.05) is 23.9 Å². The molecular formula is C16H15N3O3. The smallest absolute Gasteiger partial charge is 0.323 e. The van der Waals surface area contributed by atoms with E-state index in [1.54, 1.807) is 25.3 Å². The maximum absolute atomic E-state index is 12.4. The molecule has 0 spiro atoms. The Morgan fingerprint density at radius 2 is 1.91 bits per heavy atom. The van der Waals surface area contributed by atoms with E-state index < -0.39 is 0 Å². The normalized spacial score (nSPS) is 10.8. The lowest BCUT2D eigenvalue weighted by molar-refractivity contribution is 0.102. The second-order valence-electron chi connectivity index (χ2n) is 4.88. The van der Waals surface area contributed by atoms with Crippen LogP contribution in [-0.2, 0) is 11.3 Å². The van der Waals surface area contributed by atoms with Crippen molar-refractivity contribution in [1.29, 1.82) is 0 Å². The van der Waals surface area contributed by atoms with Gasteiger partial charge in [-0.05, 0) is 24.3 Å². The van der Waals surface area contributed by atoms with Crippen molar-refractivity contribution in [3.63, 3.8) is 0 Å². The summed E-state index contributed by atoms with van der Waals surface area (Å²) in [7, 11) is 1.61. The first-order valence-electron chi connectivity index (χ1n) is 6.77. The number of amides is 1. The highest BCUT2D eigenvalue weighted by atomic mass is 16.5. The van der Waals surface area contributed by atoms with Gasteiger partial charge in [-0.15, -0.1) is 0 Å². The van der Waals surface area contributed by atoms with E-state index >= 15 is 0 Å². The van der Waals surface area contributed by atoms with Gasteiger partial charge in [-0.1, -0.05) is 18.2 Å². The van der Waals surface area contributed by atoms with Crippen molar-refractivity contribution in [2.45, 2.75) is 6.61 Å². The van der Waals surface area contributed by atoms with Crippen molar-refractivity contribution in [2.75, 3.05) is 12.4 Å². The molecule has 0 saturated heterocycles. The molecule has 3 rings (SSSR count). The van der Waals surface area contributed by atoms with E-state index in [9.17, 15) is 9.59 Å². The largest absolute Gasteiger partial charge is 0.380 e. The van der Waals surface area contributed by atoms with Gasteiger partial charge in [0.1, 0.15) is 0 Å². The fourth-order valence-electron chi connectivity index (χ4n) is 2.29. The topological polar surface area (TPSA) is 87.0 Å². The molecule has 0 unspecified atom stereocenters. The lowest BCUT2D eigenvalue weighted by Gasteiger charge is -2.10. The van der Waals surface area contributed by atoms with Gasteiger partial charge >= 0.3 is 5.69 Å². The highest BCUT2D eigenvalue weighted by Crippen LogP contribution is 2.18. The fourth-order valence-corrected chi connectivity index (χ4v) is 2.29.